The van der Waals surface area contributed by atoms with Gasteiger partial charge in [-0.2, -0.15) is 0 Å². The van der Waals surface area contributed by atoms with E-state index in [-0.39, 0.29) is 11.9 Å². The summed E-state index contributed by atoms with van der Waals surface area (Å²) in [7, 11) is 0. The van der Waals surface area contributed by atoms with Gasteiger partial charge in [0.1, 0.15) is 5.69 Å². The third kappa shape index (κ3) is 4.83. The van der Waals surface area contributed by atoms with Crippen LogP contribution in [-0.2, 0) is 0 Å². The summed E-state index contributed by atoms with van der Waals surface area (Å²) in [6, 6.07) is 3.48. The van der Waals surface area contributed by atoms with E-state index >= 15 is 0 Å². The fourth-order valence-corrected chi connectivity index (χ4v) is 1.79. The number of amides is 1. The number of hydrogen-bond donors (Lipinski definition) is 2. The Bertz CT molecular complexity index is 365. The Balaban J connectivity index is 2.61. The number of carbonyl (C=O) groups excluding carboxylic acids is 1. The van der Waals surface area contributed by atoms with Gasteiger partial charge in [0.2, 0.25) is 0 Å². The number of halogens is 1. The van der Waals surface area contributed by atoms with E-state index in [0.717, 1.165) is 10.9 Å². The van der Waals surface area contributed by atoms with Crippen molar-refractivity contribution < 1.29 is 4.79 Å². The van der Waals surface area contributed by atoms with E-state index in [1.54, 1.807) is 18.3 Å². The molecule has 0 aliphatic carbocycles. The SMILES string of the molecule is CC(C)CC(CN)NC(=O)c1ccc(Br)cn1. The molecule has 0 aliphatic rings. The van der Waals surface area contributed by atoms with Crippen LogP contribution in [-0.4, -0.2) is 23.5 Å². The zero-order chi connectivity index (χ0) is 12.8. The van der Waals surface area contributed by atoms with Crippen LogP contribution in [0.5, 0.6) is 0 Å². The maximum atomic E-state index is 11.9. The van der Waals surface area contributed by atoms with Crippen molar-refractivity contribution in [1.82, 2.24) is 10.3 Å². The molecule has 0 saturated heterocycles. The molecule has 1 heterocycles. The first-order valence-corrected chi connectivity index (χ1v) is 6.44. The quantitative estimate of drug-likeness (QED) is 0.873. The molecular formula is C12H18BrN3O. The Morgan fingerprint density at radius 2 is 2.24 bits per heavy atom. The Hall–Kier alpha value is -0.940. The zero-order valence-electron chi connectivity index (χ0n) is 10.1. The Labute approximate surface area is 110 Å². The fourth-order valence-electron chi connectivity index (χ4n) is 1.55. The average molecular weight is 300 g/mol. The summed E-state index contributed by atoms with van der Waals surface area (Å²) >= 11 is 3.28. The van der Waals surface area contributed by atoms with E-state index in [9.17, 15) is 4.79 Å². The van der Waals surface area contributed by atoms with Gasteiger partial charge >= 0.3 is 0 Å². The minimum absolute atomic E-state index is 0.00736. The molecule has 1 aromatic rings. The highest BCUT2D eigenvalue weighted by molar-refractivity contribution is 9.10. The van der Waals surface area contributed by atoms with Crippen LogP contribution in [0.1, 0.15) is 30.8 Å². The lowest BCUT2D eigenvalue weighted by atomic mass is 10.0. The Kier molecular flexibility index (Phi) is 5.58. The van der Waals surface area contributed by atoms with Gasteiger partial charge in [0.05, 0.1) is 0 Å². The van der Waals surface area contributed by atoms with Crippen molar-refractivity contribution in [2.24, 2.45) is 11.7 Å². The minimum atomic E-state index is -0.173. The molecular weight excluding hydrogens is 282 g/mol. The molecule has 1 unspecified atom stereocenters. The van der Waals surface area contributed by atoms with Crippen LogP contribution in [0.25, 0.3) is 0 Å². The number of hydrogen-bond acceptors (Lipinski definition) is 3. The van der Waals surface area contributed by atoms with Gasteiger partial charge in [0.25, 0.3) is 5.91 Å². The van der Waals surface area contributed by atoms with Gasteiger partial charge in [0.15, 0.2) is 0 Å². The summed E-state index contributed by atoms with van der Waals surface area (Å²) in [5.41, 5.74) is 6.04. The number of nitrogens with one attached hydrogen (secondary N) is 1. The molecule has 1 amide bonds. The van der Waals surface area contributed by atoms with Crippen LogP contribution in [0.15, 0.2) is 22.8 Å². The number of pyridine rings is 1. The highest BCUT2D eigenvalue weighted by atomic mass is 79.9. The molecule has 0 saturated carbocycles. The van der Waals surface area contributed by atoms with E-state index in [1.807, 2.05) is 0 Å². The lowest BCUT2D eigenvalue weighted by Gasteiger charge is -2.18. The standard InChI is InChI=1S/C12H18BrN3O/c1-8(2)5-10(6-14)16-12(17)11-4-3-9(13)7-15-11/h3-4,7-8,10H,5-6,14H2,1-2H3,(H,16,17). The second-order valence-electron chi connectivity index (χ2n) is 4.40. The molecule has 1 rings (SSSR count). The average Bonchev–Trinajstić information content (AvgIpc) is 2.28. The predicted octanol–water partition coefficient (Wildman–Crippen LogP) is 1.95. The fraction of sp³-hybridized carbons (Fsp3) is 0.500. The zero-order valence-corrected chi connectivity index (χ0v) is 11.7. The van der Waals surface area contributed by atoms with E-state index in [4.69, 9.17) is 5.73 Å². The summed E-state index contributed by atoms with van der Waals surface area (Å²) < 4.78 is 0.853. The summed E-state index contributed by atoms with van der Waals surface area (Å²) in [6.45, 7) is 4.65. The van der Waals surface area contributed by atoms with Crippen LogP contribution in [0.2, 0.25) is 0 Å². The molecule has 1 aromatic heterocycles. The van der Waals surface area contributed by atoms with Crippen molar-refractivity contribution in [3.8, 4) is 0 Å². The molecule has 0 spiro atoms. The van der Waals surface area contributed by atoms with Gasteiger partial charge in [-0.05, 0) is 40.4 Å². The van der Waals surface area contributed by atoms with Crippen LogP contribution in [0, 0.1) is 5.92 Å². The largest absolute Gasteiger partial charge is 0.347 e. The Morgan fingerprint density at radius 3 is 2.71 bits per heavy atom. The van der Waals surface area contributed by atoms with Gasteiger partial charge in [-0.25, -0.2) is 4.98 Å². The molecule has 0 aliphatic heterocycles. The lowest BCUT2D eigenvalue weighted by Crippen LogP contribution is -2.41. The van der Waals surface area contributed by atoms with Crippen molar-refractivity contribution in [3.05, 3.63) is 28.5 Å². The van der Waals surface area contributed by atoms with Crippen molar-refractivity contribution >= 4 is 21.8 Å². The van der Waals surface area contributed by atoms with Crippen molar-refractivity contribution in [3.63, 3.8) is 0 Å². The predicted molar refractivity (Wildman–Crippen MR) is 71.7 cm³/mol. The van der Waals surface area contributed by atoms with E-state index < -0.39 is 0 Å². The van der Waals surface area contributed by atoms with Crippen molar-refractivity contribution in [2.45, 2.75) is 26.3 Å². The van der Waals surface area contributed by atoms with Crippen LogP contribution < -0.4 is 11.1 Å². The normalized spacial score (nSPS) is 12.5. The highest BCUT2D eigenvalue weighted by Gasteiger charge is 2.14. The van der Waals surface area contributed by atoms with Gasteiger partial charge in [-0.15, -0.1) is 0 Å². The van der Waals surface area contributed by atoms with Crippen LogP contribution in [0.4, 0.5) is 0 Å². The smallest absolute Gasteiger partial charge is 0.270 e. The summed E-state index contributed by atoms with van der Waals surface area (Å²) in [6.07, 6.45) is 2.48. The number of aromatic nitrogens is 1. The molecule has 0 fully saturated rings. The summed E-state index contributed by atoms with van der Waals surface area (Å²) in [5.74, 6) is 0.329. The van der Waals surface area contributed by atoms with Crippen molar-refractivity contribution in [2.75, 3.05) is 6.54 Å². The molecule has 1 atom stereocenters. The first-order chi connectivity index (χ1) is 8.02. The molecule has 3 N–H and O–H groups in total. The third-order valence-corrected chi connectivity index (χ3v) is 2.80. The second kappa shape index (κ2) is 6.71. The monoisotopic (exact) mass is 299 g/mol. The second-order valence-corrected chi connectivity index (χ2v) is 5.31. The molecule has 0 radical (unpaired) electrons. The molecule has 94 valence electrons. The summed E-state index contributed by atoms with van der Waals surface area (Å²) in [4.78, 5) is 15.9. The number of nitrogens with two attached hydrogens (primary N) is 1. The first kappa shape index (κ1) is 14.1. The molecule has 0 bridgehead atoms. The van der Waals surface area contributed by atoms with Crippen LogP contribution >= 0.6 is 15.9 Å². The molecule has 17 heavy (non-hydrogen) atoms. The lowest BCUT2D eigenvalue weighted by molar-refractivity contribution is 0.0928. The third-order valence-electron chi connectivity index (χ3n) is 2.34. The van der Waals surface area contributed by atoms with E-state index in [0.29, 0.717) is 18.2 Å². The highest BCUT2D eigenvalue weighted by Crippen LogP contribution is 2.08. The van der Waals surface area contributed by atoms with E-state index in [1.165, 1.54) is 0 Å². The van der Waals surface area contributed by atoms with Gasteiger partial charge in [-0.3, -0.25) is 4.79 Å². The topological polar surface area (TPSA) is 68.0 Å². The van der Waals surface area contributed by atoms with Crippen LogP contribution in [0.3, 0.4) is 0 Å². The van der Waals surface area contributed by atoms with Gasteiger partial charge in [-0.1, -0.05) is 13.8 Å². The molecule has 5 heteroatoms. The summed E-state index contributed by atoms with van der Waals surface area (Å²) in [5, 5.41) is 2.89. The number of nitrogens with zero attached hydrogens (tertiary/aromatic N) is 1. The minimum Gasteiger partial charge on any atom is -0.347 e. The molecule has 0 aromatic carbocycles. The first-order valence-electron chi connectivity index (χ1n) is 5.65. The number of rotatable bonds is 5. The maximum Gasteiger partial charge on any atom is 0.270 e. The number of carbonyl (C=O) groups is 1. The van der Waals surface area contributed by atoms with Crippen molar-refractivity contribution in [1.29, 1.82) is 0 Å². The van der Waals surface area contributed by atoms with Gasteiger partial charge < -0.3 is 11.1 Å². The Morgan fingerprint density at radius 1 is 1.53 bits per heavy atom. The molecule has 4 nitrogen and oxygen atoms in total. The maximum absolute atomic E-state index is 11.9. The van der Waals surface area contributed by atoms with E-state index in [2.05, 4.69) is 40.1 Å². The van der Waals surface area contributed by atoms with Gasteiger partial charge in [0, 0.05) is 23.3 Å².